The first kappa shape index (κ1) is 7.94. The average Bonchev–Trinajstić information content (AvgIpc) is 1.95. The van der Waals surface area contributed by atoms with Crippen LogP contribution in [0.15, 0.2) is 0 Å². The van der Waals surface area contributed by atoms with Gasteiger partial charge in [0.2, 0.25) is 0 Å². The number of ether oxygens (including phenoxy) is 1. The zero-order chi connectivity index (χ0) is 7.56. The van der Waals surface area contributed by atoms with Crippen LogP contribution in [0.2, 0.25) is 0 Å². The van der Waals surface area contributed by atoms with Gasteiger partial charge in [-0.2, -0.15) is 0 Å². The van der Waals surface area contributed by atoms with Gasteiger partial charge in [-0.05, 0) is 7.05 Å². The van der Waals surface area contributed by atoms with Crippen LogP contribution in [0.3, 0.4) is 0 Å². The van der Waals surface area contributed by atoms with Crippen LogP contribution < -0.4 is 5.32 Å². The Hall–Kier alpha value is -0.160. The average molecular weight is 147 g/mol. The summed E-state index contributed by atoms with van der Waals surface area (Å²) >= 11 is 0. The van der Waals surface area contributed by atoms with Gasteiger partial charge in [-0.15, -0.1) is 0 Å². The Kier molecular flexibility index (Phi) is 2.62. The summed E-state index contributed by atoms with van der Waals surface area (Å²) in [5, 5.41) is 21.2. The maximum atomic E-state index is 9.24. The van der Waals surface area contributed by atoms with Crippen molar-refractivity contribution in [2.45, 2.75) is 18.2 Å². The first-order valence-corrected chi connectivity index (χ1v) is 3.37. The monoisotopic (exact) mass is 147 g/mol. The summed E-state index contributed by atoms with van der Waals surface area (Å²) < 4.78 is 4.98. The molecule has 0 spiro atoms. The molecule has 0 radical (unpaired) electrons. The summed E-state index contributed by atoms with van der Waals surface area (Å²) in [5.74, 6) is 0. The smallest absolute Gasteiger partial charge is 0.105 e. The van der Waals surface area contributed by atoms with Crippen LogP contribution in [0.25, 0.3) is 0 Å². The van der Waals surface area contributed by atoms with Gasteiger partial charge in [-0.1, -0.05) is 0 Å². The molecule has 0 saturated carbocycles. The highest BCUT2D eigenvalue weighted by Crippen LogP contribution is 2.07. The summed E-state index contributed by atoms with van der Waals surface area (Å²) in [7, 11) is 1.73. The molecule has 60 valence electrons. The van der Waals surface area contributed by atoms with Crippen LogP contribution in [0.5, 0.6) is 0 Å². The third-order valence-corrected chi connectivity index (χ3v) is 1.76. The van der Waals surface area contributed by atoms with E-state index < -0.39 is 12.2 Å². The molecule has 0 aliphatic carbocycles. The fourth-order valence-corrected chi connectivity index (χ4v) is 1.04. The van der Waals surface area contributed by atoms with E-state index in [-0.39, 0.29) is 12.6 Å². The fraction of sp³-hybridized carbons (Fsp3) is 1.00. The van der Waals surface area contributed by atoms with Crippen molar-refractivity contribution >= 4 is 0 Å². The summed E-state index contributed by atoms with van der Waals surface area (Å²) in [6, 6.07) is -0.135. The minimum atomic E-state index is -0.744. The molecule has 1 aliphatic heterocycles. The Labute approximate surface area is 59.8 Å². The van der Waals surface area contributed by atoms with Gasteiger partial charge in [0.1, 0.15) is 6.10 Å². The van der Waals surface area contributed by atoms with Crippen molar-refractivity contribution in [3.05, 3.63) is 0 Å². The topological polar surface area (TPSA) is 61.7 Å². The standard InChI is InChI=1S/C6H13NO3/c1-7-4-2-10-3-5(8)6(4)9/h4-9H,2-3H2,1H3/t4-,5-,6+/m1/s1. The first-order valence-electron chi connectivity index (χ1n) is 3.37. The summed E-state index contributed by atoms with van der Waals surface area (Å²) in [6.45, 7) is 0.702. The SMILES string of the molecule is CN[C@@H]1COC[C@@H](O)[C@H]1O. The normalized spacial score (nSPS) is 41.7. The molecule has 1 rings (SSSR count). The molecule has 4 nitrogen and oxygen atoms in total. The number of rotatable bonds is 1. The molecule has 1 fully saturated rings. The number of likely N-dealkylation sites (N-methyl/N-ethyl adjacent to an activating group) is 1. The molecule has 4 heteroatoms. The maximum absolute atomic E-state index is 9.24. The van der Waals surface area contributed by atoms with Crippen molar-refractivity contribution in [2.75, 3.05) is 20.3 Å². The maximum Gasteiger partial charge on any atom is 0.105 e. The number of hydrogen-bond donors (Lipinski definition) is 3. The lowest BCUT2D eigenvalue weighted by molar-refractivity contribution is -0.103. The van der Waals surface area contributed by atoms with Crippen LogP contribution >= 0.6 is 0 Å². The quantitative estimate of drug-likeness (QED) is 0.415. The number of nitrogens with one attached hydrogen (secondary N) is 1. The molecule has 3 atom stereocenters. The minimum absolute atomic E-state index is 0.135. The third kappa shape index (κ3) is 1.46. The van der Waals surface area contributed by atoms with E-state index in [0.717, 1.165) is 0 Å². The molecule has 1 heterocycles. The summed E-state index contributed by atoms with van der Waals surface area (Å²) in [5.41, 5.74) is 0. The predicted octanol–water partition coefficient (Wildman–Crippen LogP) is -1.67. The van der Waals surface area contributed by atoms with Gasteiger partial charge in [0, 0.05) is 0 Å². The molecule has 0 aromatic carbocycles. The highest BCUT2D eigenvalue weighted by atomic mass is 16.5. The van der Waals surface area contributed by atoms with Crippen molar-refractivity contribution < 1.29 is 14.9 Å². The molecule has 0 aromatic heterocycles. The van der Waals surface area contributed by atoms with Gasteiger partial charge in [-0.25, -0.2) is 0 Å². The fourth-order valence-electron chi connectivity index (χ4n) is 1.04. The lowest BCUT2D eigenvalue weighted by Crippen LogP contribution is -2.53. The number of aliphatic hydroxyl groups excluding tert-OH is 2. The molecule has 10 heavy (non-hydrogen) atoms. The van der Waals surface area contributed by atoms with Gasteiger partial charge in [0.05, 0.1) is 25.4 Å². The van der Waals surface area contributed by atoms with Crippen molar-refractivity contribution in [2.24, 2.45) is 0 Å². The van der Waals surface area contributed by atoms with E-state index in [1.54, 1.807) is 7.05 Å². The minimum Gasteiger partial charge on any atom is -0.389 e. The first-order chi connectivity index (χ1) is 4.75. The summed E-state index contributed by atoms with van der Waals surface area (Å²) in [4.78, 5) is 0. The van der Waals surface area contributed by atoms with Crippen molar-refractivity contribution in [1.82, 2.24) is 5.32 Å². The molecular formula is C6H13NO3. The van der Waals surface area contributed by atoms with E-state index in [4.69, 9.17) is 9.84 Å². The largest absolute Gasteiger partial charge is 0.389 e. The highest BCUT2D eigenvalue weighted by molar-refractivity contribution is 4.83. The van der Waals surface area contributed by atoms with E-state index >= 15 is 0 Å². The van der Waals surface area contributed by atoms with Crippen LogP contribution in [0, 0.1) is 0 Å². The van der Waals surface area contributed by atoms with Crippen LogP contribution in [0.4, 0.5) is 0 Å². The lowest BCUT2D eigenvalue weighted by Gasteiger charge is -2.31. The second kappa shape index (κ2) is 3.30. The molecule has 1 saturated heterocycles. The Morgan fingerprint density at radius 1 is 1.40 bits per heavy atom. The van der Waals surface area contributed by atoms with Crippen molar-refractivity contribution in [3.63, 3.8) is 0 Å². The molecule has 0 amide bonds. The van der Waals surface area contributed by atoms with Gasteiger partial charge in [0.25, 0.3) is 0 Å². The zero-order valence-electron chi connectivity index (χ0n) is 5.95. The van der Waals surface area contributed by atoms with E-state index in [2.05, 4.69) is 5.32 Å². The zero-order valence-corrected chi connectivity index (χ0v) is 5.95. The molecule has 0 unspecified atom stereocenters. The van der Waals surface area contributed by atoms with Crippen molar-refractivity contribution in [3.8, 4) is 0 Å². The molecule has 0 aromatic rings. The highest BCUT2D eigenvalue weighted by Gasteiger charge is 2.29. The Balaban J connectivity index is 2.42. The molecule has 3 N–H and O–H groups in total. The van der Waals surface area contributed by atoms with Crippen molar-refractivity contribution in [1.29, 1.82) is 0 Å². The van der Waals surface area contributed by atoms with E-state index in [1.165, 1.54) is 0 Å². The van der Waals surface area contributed by atoms with Crippen LogP contribution in [0.1, 0.15) is 0 Å². The third-order valence-electron chi connectivity index (χ3n) is 1.76. The van der Waals surface area contributed by atoms with E-state index in [0.29, 0.717) is 6.61 Å². The van der Waals surface area contributed by atoms with Gasteiger partial charge >= 0.3 is 0 Å². The molecule has 1 aliphatic rings. The molecule has 0 bridgehead atoms. The Morgan fingerprint density at radius 2 is 2.10 bits per heavy atom. The Morgan fingerprint density at radius 3 is 2.60 bits per heavy atom. The Bertz CT molecular complexity index is 109. The van der Waals surface area contributed by atoms with Gasteiger partial charge in [0.15, 0.2) is 0 Å². The second-order valence-corrected chi connectivity index (χ2v) is 2.49. The van der Waals surface area contributed by atoms with Crippen LogP contribution in [-0.2, 0) is 4.74 Å². The predicted molar refractivity (Wildman–Crippen MR) is 35.7 cm³/mol. The summed E-state index contributed by atoms with van der Waals surface area (Å²) in [6.07, 6.45) is -1.44. The number of hydrogen-bond acceptors (Lipinski definition) is 4. The van der Waals surface area contributed by atoms with E-state index in [1.807, 2.05) is 0 Å². The lowest BCUT2D eigenvalue weighted by atomic mass is 10.1. The van der Waals surface area contributed by atoms with Gasteiger partial charge < -0.3 is 20.3 Å². The van der Waals surface area contributed by atoms with E-state index in [9.17, 15) is 5.11 Å². The number of aliphatic hydroxyl groups is 2. The van der Waals surface area contributed by atoms with Crippen LogP contribution in [-0.4, -0.2) is 48.7 Å². The van der Waals surface area contributed by atoms with Gasteiger partial charge in [-0.3, -0.25) is 0 Å². The second-order valence-electron chi connectivity index (χ2n) is 2.49. The molecular weight excluding hydrogens is 134 g/mol.